The van der Waals surface area contributed by atoms with Gasteiger partial charge in [0.1, 0.15) is 0 Å². The van der Waals surface area contributed by atoms with Gasteiger partial charge in [0.05, 0.1) is 6.61 Å². The highest BCUT2D eigenvalue weighted by molar-refractivity contribution is 4.68. The van der Waals surface area contributed by atoms with Crippen LogP contribution in [-0.2, 0) is 9.47 Å². The maximum atomic E-state index is 5.60. The van der Waals surface area contributed by atoms with Gasteiger partial charge in [-0.1, -0.05) is 20.3 Å². The fourth-order valence-electron chi connectivity index (χ4n) is 1.68. The van der Waals surface area contributed by atoms with E-state index in [9.17, 15) is 0 Å². The monoisotopic (exact) mass is 172 g/mol. The zero-order valence-corrected chi connectivity index (χ0v) is 8.21. The minimum absolute atomic E-state index is 0.102. The van der Waals surface area contributed by atoms with Crippen LogP contribution in [0.4, 0.5) is 0 Å². The second-order valence-corrected chi connectivity index (χ2v) is 3.45. The van der Waals surface area contributed by atoms with Gasteiger partial charge in [0, 0.05) is 12.5 Å². The van der Waals surface area contributed by atoms with E-state index in [1.807, 2.05) is 0 Å². The topological polar surface area (TPSA) is 18.5 Å². The molecule has 0 spiro atoms. The molecule has 1 saturated heterocycles. The van der Waals surface area contributed by atoms with Gasteiger partial charge in [-0.15, -0.1) is 0 Å². The van der Waals surface area contributed by atoms with Gasteiger partial charge < -0.3 is 9.47 Å². The summed E-state index contributed by atoms with van der Waals surface area (Å²) in [6.07, 6.45) is 4.85. The first-order chi connectivity index (χ1) is 5.88. The predicted octanol–water partition coefficient (Wildman–Crippen LogP) is 2.58. The van der Waals surface area contributed by atoms with E-state index in [-0.39, 0.29) is 6.29 Å². The summed E-state index contributed by atoms with van der Waals surface area (Å²) in [5.74, 6) is 0.654. The van der Waals surface area contributed by atoms with Gasteiger partial charge in [-0.2, -0.15) is 0 Å². The molecule has 0 aromatic heterocycles. The fraction of sp³-hybridized carbons (Fsp3) is 1.00. The quantitative estimate of drug-likeness (QED) is 0.634. The molecule has 0 bridgehead atoms. The number of rotatable bonds is 5. The van der Waals surface area contributed by atoms with Crippen molar-refractivity contribution in [2.45, 2.75) is 45.8 Å². The number of hydrogen-bond acceptors (Lipinski definition) is 2. The van der Waals surface area contributed by atoms with Crippen LogP contribution in [0, 0.1) is 5.92 Å². The van der Waals surface area contributed by atoms with Gasteiger partial charge in [-0.25, -0.2) is 0 Å². The molecule has 0 aromatic rings. The molecule has 0 N–H and O–H groups in total. The molecule has 1 aliphatic heterocycles. The second kappa shape index (κ2) is 5.55. The lowest BCUT2D eigenvalue weighted by atomic mass is 10.0. The largest absolute Gasteiger partial charge is 0.352 e. The van der Waals surface area contributed by atoms with E-state index in [1.54, 1.807) is 0 Å². The molecular formula is C10H20O2. The molecule has 0 saturated carbocycles. The third-order valence-electron chi connectivity index (χ3n) is 2.30. The van der Waals surface area contributed by atoms with E-state index < -0.39 is 0 Å². The van der Waals surface area contributed by atoms with Crippen molar-refractivity contribution in [3.05, 3.63) is 0 Å². The van der Waals surface area contributed by atoms with Crippen LogP contribution in [-0.4, -0.2) is 19.5 Å². The van der Waals surface area contributed by atoms with Crippen molar-refractivity contribution in [2.75, 3.05) is 13.2 Å². The number of hydrogen-bond donors (Lipinski definition) is 0. The van der Waals surface area contributed by atoms with Crippen molar-refractivity contribution in [3.63, 3.8) is 0 Å². The lowest BCUT2D eigenvalue weighted by molar-refractivity contribution is -0.131. The molecule has 12 heavy (non-hydrogen) atoms. The highest BCUT2D eigenvalue weighted by Gasteiger charge is 2.27. The molecule has 0 aromatic carbocycles. The third kappa shape index (κ3) is 2.76. The minimum atomic E-state index is 0.102. The Kier molecular flexibility index (Phi) is 4.62. The lowest BCUT2D eigenvalue weighted by Crippen LogP contribution is -2.20. The summed E-state index contributed by atoms with van der Waals surface area (Å²) in [5, 5.41) is 0. The molecule has 1 fully saturated rings. The van der Waals surface area contributed by atoms with E-state index in [1.165, 1.54) is 19.3 Å². The predicted molar refractivity (Wildman–Crippen MR) is 49.0 cm³/mol. The van der Waals surface area contributed by atoms with Gasteiger partial charge in [0.15, 0.2) is 6.29 Å². The Morgan fingerprint density at radius 3 is 2.83 bits per heavy atom. The molecule has 1 rings (SSSR count). The fourth-order valence-corrected chi connectivity index (χ4v) is 1.68. The van der Waals surface area contributed by atoms with Crippen LogP contribution in [0.1, 0.15) is 39.5 Å². The third-order valence-corrected chi connectivity index (χ3v) is 2.30. The van der Waals surface area contributed by atoms with Gasteiger partial charge in [0.25, 0.3) is 0 Å². The molecular weight excluding hydrogens is 152 g/mol. The van der Waals surface area contributed by atoms with Crippen molar-refractivity contribution < 1.29 is 9.47 Å². The van der Waals surface area contributed by atoms with Crippen molar-refractivity contribution in [1.82, 2.24) is 0 Å². The maximum absolute atomic E-state index is 5.60. The maximum Gasteiger partial charge on any atom is 0.160 e. The molecule has 2 nitrogen and oxygen atoms in total. The van der Waals surface area contributed by atoms with Gasteiger partial charge in [-0.3, -0.25) is 0 Å². The summed E-state index contributed by atoms with van der Waals surface area (Å²) in [6.45, 7) is 6.07. The van der Waals surface area contributed by atoms with Crippen LogP contribution in [0.25, 0.3) is 0 Å². The zero-order chi connectivity index (χ0) is 8.81. The molecule has 0 radical (unpaired) electrons. The standard InChI is InChI=1S/C10H20O2/c1-3-5-9-6-8-12-10(9)11-7-4-2/h9-10H,3-8H2,1-2H3. The molecule has 0 amide bonds. The van der Waals surface area contributed by atoms with Crippen LogP contribution in [0.15, 0.2) is 0 Å². The molecule has 1 aliphatic rings. The minimum Gasteiger partial charge on any atom is -0.352 e. The first-order valence-corrected chi connectivity index (χ1v) is 5.11. The average Bonchev–Trinajstić information content (AvgIpc) is 2.50. The molecule has 72 valence electrons. The summed E-state index contributed by atoms with van der Waals surface area (Å²) < 4.78 is 11.1. The smallest absolute Gasteiger partial charge is 0.160 e. The van der Waals surface area contributed by atoms with Gasteiger partial charge in [-0.05, 0) is 19.3 Å². The van der Waals surface area contributed by atoms with Crippen LogP contribution >= 0.6 is 0 Å². The Balaban J connectivity index is 2.20. The molecule has 1 heterocycles. The van der Waals surface area contributed by atoms with E-state index in [0.717, 1.165) is 19.6 Å². The molecule has 2 atom stereocenters. The first-order valence-electron chi connectivity index (χ1n) is 5.11. The summed E-state index contributed by atoms with van der Waals surface area (Å²) in [7, 11) is 0. The van der Waals surface area contributed by atoms with E-state index in [2.05, 4.69) is 13.8 Å². The lowest BCUT2D eigenvalue weighted by Gasteiger charge is -2.17. The van der Waals surface area contributed by atoms with Crippen molar-refractivity contribution in [1.29, 1.82) is 0 Å². The molecule has 0 aliphatic carbocycles. The van der Waals surface area contributed by atoms with Crippen LogP contribution in [0.2, 0.25) is 0 Å². The Hall–Kier alpha value is -0.0800. The Bertz CT molecular complexity index is 114. The Morgan fingerprint density at radius 2 is 2.17 bits per heavy atom. The summed E-state index contributed by atoms with van der Waals surface area (Å²) in [4.78, 5) is 0. The number of ether oxygens (including phenoxy) is 2. The van der Waals surface area contributed by atoms with Crippen molar-refractivity contribution >= 4 is 0 Å². The summed E-state index contributed by atoms with van der Waals surface area (Å²) >= 11 is 0. The van der Waals surface area contributed by atoms with Crippen molar-refractivity contribution in [2.24, 2.45) is 5.92 Å². The second-order valence-electron chi connectivity index (χ2n) is 3.45. The van der Waals surface area contributed by atoms with Crippen LogP contribution in [0.5, 0.6) is 0 Å². The van der Waals surface area contributed by atoms with Crippen LogP contribution < -0.4 is 0 Å². The zero-order valence-electron chi connectivity index (χ0n) is 8.21. The average molecular weight is 172 g/mol. The Labute approximate surface area is 75.2 Å². The first kappa shape index (κ1) is 10.0. The summed E-state index contributed by atoms with van der Waals surface area (Å²) in [6, 6.07) is 0. The van der Waals surface area contributed by atoms with Gasteiger partial charge >= 0.3 is 0 Å². The summed E-state index contributed by atoms with van der Waals surface area (Å²) in [5.41, 5.74) is 0. The Morgan fingerprint density at radius 1 is 1.33 bits per heavy atom. The van der Waals surface area contributed by atoms with Crippen LogP contribution in [0.3, 0.4) is 0 Å². The van der Waals surface area contributed by atoms with E-state index in [4.69, 9.17) is 9.47 Å². The van der Waals surface area contributed by atoms with E-state index >= 15 is 0 Å². The highest BCUT2D eigenvalue weighted by atomic mass is 16.7. The van der Waals surface area contributed by atoms with Crippen molar-refractivity contribution in [3.8, 4) is 0 Å². The van der Waals surface area contributed by atoms with E-state index in [0.29, 0.717) is 5.92 Å². The normalized spacial score (nSPS) is 29.5. The van der Waals surface area contributed by atoms with Gasteiger partial charge in [0.2, 0.25) is 0 Å². The SMILES string of the molecule is CCCOC1OCCC1CCC. The molecule has 2 unspecified atom stereocenters. The molecule has 2 heteroatoms. The highest BCUT2D eigenvalue weighted by Crippen LogP contribution is 2.26.